The van der Waals surface area contributed by atoms with Gasteiger partial charge in [0.25, 0.3) is 11.8 Å². The van der Waals surface area contributed by atoms with Gasteiger partial charge in [-0.25, -0.2) is 9.82 Å². The average Bonchev–Trinajstić information content (AvgIpc) is 2.74. The molecule has 0 saturated heterocycles. The molecule has 0 aliphatic heterocycles. The molecule has 0 heterocycles. The SMILES string of the molecule is O=C(COc1ccc(/C=N/NC(=O)c2ccc(F)cc2)cc1)Nc1ccccc1. The van der Waals surface area contributed by atoms with Crippen molar-refractivity contribution in [3.8, 4) is 5.75 Å². The lowest BCUT2D eigenvalue weighted by molar-refractivity contribution is -0.118. The highest BCUT2D eigenvalue weighted by Crippen LogP contribution is 2.12. The molecule has 0 spiro atoms. The second-order valence-corrected chi connectivity index (χ2v) is 5.98. The molecule has 3 aromatic rings. The van der Waals surface area contributed by atoms with Gasteiger partial charge in [-0.15, -0.1) is 0 Å². The van der Waals surface area contributed by atoms with Crippen molar-refractivity contribution >= 4 is 23.7 Å². The third kappa shape index (κ3) is 6.28. The van der Waals surface area contributed by atoms with Crippen LogP contribution in [-0.2, 0) is 4.79 Å². The Balaban J connectivity index is 1.45. The molecule has 0 aliphatic rings. The third-order valence-corrected chi connectivity index (χ3v) is 3.79. The fraction of sp³-hybridized carbons (Fsp3) is 0.0455. The molecular formula is C22H18FN3O3. The number of anilines is 1. The first-order chi connectivity index (χ1) is 14.1. The molecule has 2 amide bonds. The quantitative estimate of drug-likeness (QED) is 0.477. The van der Waals surface area contributed by atoms with Gasteiger partial charge in [-0.2, -0.15) is 5.10 Å². The zero-order valence-corrected chi connectivity index (χ0v) is 15.3. The Kier molecular flexibility index (Phi) is 6.67. The van der Waals surface area contributed by atoms with Crippen LogP contribution in [0.4, 0.5) is 10.1 Å². The maximum absolute atomic E-state index is 12.9. The Morgan fingerprint density at radius 1 is 0.931 bits per heavy atom. The van der Waals surface area contributed by atoms with Crippen molar-refractivity contribution in [2.45, 2.75) is 0 Å². The highest BCUT2D eigenvalue weighted by molar-refractivity contribution is 5.94. The number of nitrogens with zero attached hydrogens (tertiary/aromatic N) is 1. The molecule has 6 nitrogen and oxygen atoms in total. The number of hydrogen-bond donors (Lipinski definition) is 2. The van der Waals surface area contributed by atoms with Gasteiger partial charge in [0.2, 0.25) is 0 Å². The van der Waals surface area contributed by atoms with Crippen molar-refractivity contribution in [3.05, 3.63) is 95.8 Å². The van der Waals surface area contributed by atoms with Crippen molar-refractivity contribution in [1.29, 1.82) is 0 Å². The summed E-state index contributed by atoms with van der Waals surface area (Å²) in [6.45, 7) is -0.115. The molecule has 29 heavy (non-hydrogen) atoms. The largest absolute Gasteiger partial charge is 0.484 e. The summed E-state index contributed by atoms with van der Waals surface area (Å²) in [4.78, 5) is 23.8. The highest BCUT2D eigenvalue weighted by atomic mass is 19.1. The highest BCUT2D eigenvalue weighted by Gasteiger charge is 2.04. The fourth-order valence-corrected chi connectivity index (χ4v) is 2.35. The maximum atomic E-state index is 12.9. The van der Waals surface area contributed by atoms with Gasteiger partial charge in [0.05, 0.1) is 6.21 Å². The van der Waals surface area contributed by atoms with Crippen molar-refractivity contribution in [2.24, 2.45) is 5.10 Å². The van der Waals surface area contributed by atoms with Gasteiger partial charge in [0.1, 0.15) is 11.6 Å². The number of hydrazone groups is 1. The average molecular weight is 391 g/mol. The van der Waals surface area contributed by atoms with Crippen molar-refractivity contribution in [1.82, 2.24) is 5.43 Å². The molecule has 2 N–H and O–H groups in total. The summed E-state index contributed by atoms with van der Waals surface area (Å²) >= 11 is 0. The van der Waals surface area contributed by atoms with Gasteiger partial charge < -0.3 is 10.1 Å². The van der Waals surface area contributed by atoms with Gasteiger partial charge >= 0.3 is 0 Å². The van der Waals surface area contributed by atoms with Crippen molar-refractivity contribution < 1.29 is 18.7 Å². The maximum Gasteiger partial charge on any atom is 0.271 e. The van der Waals surface area contributed by atoms with Gasteiger partial charge in [0, 0.05) is 11.3 Å². The number of carbonyl (C=O) groups is 2. The van der Waals surface area contributed by atoms with Gasteiger partial charge in [0.15, 0.2) is 6.61 Å². The second kappa shape index (κ2) is 9.80. The minimum atomic E-state index is -0.439. The summed E-state index contributed by atoms with van der Waals surface area (Å²) in [6.07, 6.45) is 1.47. The normalized spacial score (nSPS) is 10.5. The van der Waals surface area contributed by atoms with E-state index in [1.54, 1.807) is 36.4 Å². The predicted molar refractivity (Wildman–Crippen MR) is 108 cm³/mol. The predicted octanol–water partition coefficient (Wildman–Crippen LogP) is 3.61. The number of amides is 2. The van der Waals surface area contributed by atoms with Crippen LogP contribution in [0.1, 0.15) is 15.9 Å². The third-order valence-electron chi connectivity index (χ3n) is 3.79. The number of benzene rings is 3. The summed E-state index contributed by atoms with van der Waals surface area (Å²) in [7, 11) is 0. The van der Waals surface area contributed by atoms with E-state index < -0.39 is 11.7 Å². The molecule has 0 radical (unpaired) electrons. The molecule has 0 aromatic heterocycles. The Bertz CT molecular complexity index is 988. The first-order valence-electron chi connectivity index (χ1n) is 8.77. The van der Waals surface area contributed by atoms with Crippen LogP contribution >= 0.6 is 0 Å². The minimum absolute atomic E-state index is 0.115. The Hall–Kier alpha value is -4.00. The molecule has 0 aliphatic carbocycles. The zero-order chi connectivity index (χ0) is 20.5. The first kappa shape index (κ1) is 19.8. The molecular weight excluding hydrogens is 373 g/mol. The summed E-state index contributed by atoms with van der Waals surface area (Å²) < 4.78 is 18.3. The van der Waals surface area contributed by atoms with E-state index in [-0.39, 0.29) is 12.5 Å². The Morgan fingerprint density at radius 2 is 1.62 bits per heavy atom. The topological polar surface area (TPSA) is 79.8 Å². The number of hydrogen-bond acceptors (Lipinski definition) is 4. The van der Waals surface area contributed by atoms with Crippen LogP contribution in [0.15, 0.2) is 84.0 Å². The van der Waals surface area contributed by atoms with Crippen LogP contribution < -0.4 is 15.5 Å². The number of halogens is 1. The molecule has 0 unspecified atom stereocenters. The lowest BCUT2D eigenvalue weighted by Crippen LogP contribution is -2.20. The van der Waals surface area contributed by atoms with E-state index in [1.165, 1.54) is 30.5 Å². The molecule has 0 atom stereocenters. The minimum Gasteiger partial charge on any atom is -0.484 e. The van der Waals surface area contributed by atoms with E-state index in [4.69, 9.17) is 4.74 Å². The standard InChI is InChI=1S/C22H18FN3O3/c23-18-10-8-17(9-11-18)22(28)26-24-14-16-6-12-20(13-7-16)29-15-21(27)25-19-4-2-1-3-5-19/h1-14H,15H2,(H,25,27)(H,26,28)/b24-14+. The summed E-state index contributed by atoms with van der Waals surface area (Å²) in [5.74, 6) is -0.582. The van der Waals surface area contributed by atoms with E-state index >= 15 is 0 Å². The van der Waals surface area contributed by atoms with Crippen LogP contribution in [0.5, 0.6) is 5.75 Å². The van der Waals surface area contributed by atoms with Crippen LogP contribution in [-0.4, -0.2) is 24.6 Å². The van der Waals surface area contributed by atoms with Gasteiger partial charge in [-0.1, -0.05) is 18.2 Å². The number of carbonyl (C=O) groups excluding carboxylic acids is 2. The Labute approximate surface area is 167 Å². The van der Waals surface area contributed by atoms with E-state index in [9.17, 15) is 14.0 Å². The fourth-order valence-electron chi connectivity index (χ4n) is 2.35. The molecule has 3 rings (SSSR count). The van der Waals surface area contributed by atoms with E-state index in [2.05, 4.69) is 15.8 Å². The van der Waals surface area contributed by atoms with E-state index in [0.29, 0.717) is 17.0 Å². The van der Waals surface area contributed by atoms with Crippen LogP contribution in [0.3, 0.4) is 0 Å². The number of nitrogens with one attached hydrogen (secondary N) is 2. The zero-order valence-electron chi connectivity index (χ0n) is 15.3. The van der Waals surface area contributed by atoms with Crippen LogP contribution in [0.2, 0.25) is 0 Å². The van der Waals surface area contributed by atoms with Crippen molar-refractivity contribution in [2.75, 3.05) is 11.9 Å². The van der Waals surface area contributed by atoms with Crippen LogP contribution in [0, 0.1) is 5.82 Å². The monoisotopic (exact) mass is 391 g/mol. The van der Waals surface area contributed by atoms with Gasteiger partial charge in [-0.05, 0) is 66.2 Å². The molecule has 7 heteroatoms. The number of para-hydroxylation sites is 1. The lowest BCUT2D eigenvalue weighted by Gasteiger charge is -2.07. The summed E-state index contributed by atoms with van der Waals surface area (Å²) in [5.41, 5.74) is 4.11. The van der Waals surface area contributed by atoms with E-state index in [1.807, 2.05) is 18.2 Å². The number of rotatable bonds is 7. The van der Waals surface area contributed by atoms with Crippen molar-refractivity contribution in [3.63, 3.8) is 0 Å². The number of ether oxygens (including phenoxy) is 1. The summed E-state index contributed by atoms with van der Waals surface area (Å²) in [5, 5.41) is 6.60. The summed E-state index contributed by atoms with van der Waals surface area (Å²) in [6, 6.07) is 21.1. The van der Waals surface area contributed by atoms with Crippen LogP contribution in [0.25, 0.3) is 0 Å². The smallest absolute Gasteiger partial charge is 0.271 e. The molecule has 0 bridgehead atoms. The second-order valence-electron chi connectivity index (χ2n) is 5.98. The molecule has 146 valence electrons. The first-order valence-corrected chi connectivity index (χ1v) is 8.77. The van der Waals surface area contributed by atoms with E-state index in [0.717, 1.165) is 5.56 Å². The molecule has 3 aromatic carbocycles. The van der Waals surface area contributed by atoms with Gasteiger partial charge in [-0.3, -0.25) is 9.59 Å². The Morgan fingerprint density at radius 3 is 2.31 bits per heavy atom. The molecule has 0 saturated carbocycles. The molecule has 0 fully saturated rings. The lowest BCUT2D eigenvalue weighted by atomic mass is 10.2.